The van der Waals surface area contributed by atoms with Crippen molar-refractivity contribution in [1.29, 1.82) is 10.5 Å². The van der Waals surface area contributed by atoms with E-state index in [1.807, 2.05) is 19.1 Å². The smallest absolute Gasteiger partial charge is 0.254 e. The van der Waals surface area contributed by atoms with E-state index in [0.29, 0.717) is 24.3 Å². The summed E-state index contributed by atoms with van der Waals surface area (Å²) >= 11 is 0. The molecule has 1 amide bonds. The van der Waals surface area contributed by atoms with E-state index in [0.717, 1.165) is 5.56 Å². The maximum absolute atomic E-state index is 12.4. The van der Waals surface area contributed by atoms with Crippen LogP contribution in [0.1, 0.15) is 28.8 Å². The molecule has 0 spiro atoms. The molecule has 0 saturated carbocycles. The van der Waals surface area contributed by atoms with Crippen LogP contribution < -0.4 is 5.73 Å². The fourth-order valence-electron chi connectivity index (χ4n) is 1.73. The molecule has 0 heterocycles. The zero-order valence-corrected chi connectivity index (χ0v) is 10.9. The molecule has 0 bridgehead atoms. The van der Waals surface area contributed by atoms with Gasteiger partial charge >= 0.3 is 0 Å². The average molecular weight is 256 g/mol. The number of aryl methyl sites for hydroxylation is 1. The summed E-state index contributed by atoms with van der Waals surface area (Å²) in [5.74, 6) is -0.185. The second-order valence-corrected chi connectivity index (χ2v) is 4.18. The van der Waals surface area contributed by atoms with Crippen LogP contribution in [0, 0.1) is 29.6 Å². The Morgan fingerprint density at radius 1 is 1.26 bits per heavy atom. The van der Waals surface area contributed by atoms with E-state index < -0.39 is 0 Å². The summed E-state index contributed by atoms with van der Waals surface area (Å²) in [5, 5.41) is 17.2. The minimum absolute atomic E-state index is 0.185. The zero-order chi connectivity index (χ0) is 14.3. The molecule has 0 fully saturated rings. The van der Waals surface area contributed by atoms with Crippen LogP contribution in [0.3, 0.4) is 0 Å². The van der Waals surface area contributed by atoms with Crippen molar-refractivity contribution in [2.24, 2.45) is 0 Å². The second kappa shape index (κ2) is 7.03. The molecule has 0 aliphatic rings. The maximum Gasteiger partial charge on any atom is 0.254 e. The summed E-state index contributed by atoms with van der Waals surface area (Å²) in [4.78, 5) is 13.9. The predicted octanol–water partition coefficient (Wildman–Crippen LogP) is 1.85. The van der Waals surface area contributed by atoms with Crippen molar-refractivity contribution in [3.63, 3.8) is 0 Å². The molecule has 0 unspecified atom stereocenters. The summed E-state index contributed by atoms with van der Waals surface area (Å²) < 4.78 is 0. The summed E-state index contributed by atoms with van der Waals surface area (Å²) in [6.45, 7) is 2.48. The monoisotopic (exact) mass is 256 g/mol. The Morgan fingerprint density at radius 3 is 2.37 bits per heavy atom. The van der Waals surface area contributed by atoms with Gasteiger partial charge in [0.05, 0.1) is 25.0 Å². The molecule has 1 aromatic carbocycles. The number of carbonyl (C=O) groups excluding carboxylic acids is 1. The zero-order valence-electron chi connectivity index (χ0n) is 10.9. The summed E-state index contributed by atoms with van der Waals surface area (Å²) in [7, 11) is 0. The van der Waals surface area contributed by atoms with Gasteiger partial charge in [0.15, 0.2) is 0 Å². The number of nitrogens with zero attached hydrogens (tertiary/aromatic N) is 3. The van der Waals surface area contributed by atoms with Crippen LogP contribution in [-0.2, 0) is 0 Å². The Hall–Kier alpha value is -2.53. The third-order valence-corrected chi connectivity index (χ3v) is 2.77. The van der Waals surface area contributed by atoms with Crippen LogP contribution in [0.2, 0.25) is 0 Å². The SMILES string of the molecule is Cc1ccc(N)cc1C(=O)N(CCC#N)CCC#N. The van der Waals surface area contributed by atoms with Gasteiger partial charge in [-0.25, -0.2) is 0 Å². The third kappa shape index (κ3) is 4.01. The molecule has 1 rings (SSSR count). The summed E-state index contributed by atoms with van der Waals surface area (Å²) in [5.41, 5.74) is 7.57. The third-order valence-electron chi connectivity index (χ3n) is 2.77. The average Bonchev–Trinajstić information content (AvgIpc) is 2.41. The highest BCUT2D eigenvalue weighted by molar-refractivity contribution is 5.96. The number of anilines is 1. The summed E-state index contributed by atoms with van der Waals surface area (Å²) in [6.07, 6.45) is 0.497. The van der Waals surface area contributed by atoms with E-state index in [1.54, 1.807) is 18.2 Å². The highest BCUT2D eigenvalue weighted by Gasteiger charge is 2.17. The van der Waals surface area contributed by atoms with E-state index in [1.165, 1.54) is 4.90 Å². The molecule has 19 heavy (non-hydrogen) atoms. The first kappa shape index (κ1) is 14.5. The van der Waals surface area contributed by atoms with Crippen LogP contribution in [0.4, 0.5) is 5.69 Å². The highest BCUT2D eigenvalue weighted by atomic mass is 16.2. The molecule has 0 aromatic heterocycles. The molecule has 0 saturated heterocycles. The molecule has 0 aliphatic heterocycles. The lowest BCUT2D eigenvalue weighted by atomic mass is 10.1. The van der Waals surface area contributed by atoms with Crippen LogP contribution in [-0.4, -0.2) is 23.9 Å². The largest absolute Gasteiger partial charge is 0.399 e. The van der Waals surface area contributed by atoms with Crippen LogP contribution in [0.5, 0.6) is 0 Å². The first-order valence-corrected chi connectivity index (χ1v) is 5.99. The molecule has 98 valence electrons. The lowest BCUT2D eigenvalue weighted by Crippen LogP contribution is -2.33. The second-order valence-electron chi connectivity index (χ2n) is 4.18. The van der Waals surface area contributed by atoms with Gasteiger partial charge in [0, 0.05) is 24.3 Å². The Labute approximate surface area is 112 Å². The van der Waals surface area contributed by atoms with Crippen molar-refractivity contribution in [1.82, 2.24) is 4.90 Å². The van der Waals surface area contributed by atoms with Gasteiger partial charge in [-0.05, 0) is 24.6 Å². The van der Waals surface area contributed by atoms with Crippen molar-refractivity contribution in [3.05, 3.63) is 29.3 Å². The minimum atomic E-state index is -0.185. The number of nitrogen functional groups attached to an aromatic ring is 1. The fourth-order valence-corrected chi connectivity index (χ4v) is 1.73. The molecule has 1 aromatic rings. The predicted molar refractivity (Wildman–Crippen MR) is 72.0 cm³/mol. The first-order valence-electron chi connectivity index (χ1n) is 5.99. The molecule has 0 radical (unpaired) electrons. The van der Waals surface area contributed by atoms with Crippen molar-refractivity contribution in [3.8, 4) is 12.1 Å². The molecule has 0 atom stereocenters. The van der Waals surface area contributed by atoms with Gasteiger partial charge in [0.2, 0.25) is 0 Å². The van der Waals surface area contributed by atoms with E-state index >= 15 is 0 Å². The topological polar surface area (TPSA) is 93.9 Å². The maximum atomic E-state index is 12.4. The molecule has 5 heteroatoms. The van der Waals surface area contributed by atoms with Crippen LogP contribution >= 0.6 is 0 Å². The minimum Gasteiger partial charge on any atom is -0.399 e. The quantitative estimate of drug-likeness (QED) is 0.813. The number of benzene rings is 1. The lowest BCUT2D eigenvalue weighted by molar-refractivity contribution is 0.0762. The molecule has 5 nitrogen and oxygen atoms in total. The Morgan fingerprint density at radius 2 is 1.84 bits per heavy atom. The van der Waals surface area contributed by atoms with E-state index in [9.17, 15) is 4.79 Å². The molecule has 0 aliphatic carbocycles. The van der Waals surface area contributed by atoms with Gasteiger partial charge in [-0.1, -0.05) is 6.07 Å². The Balaban J connectivity index is 2.94. The van der Waals surface area contributed by atoms with Gasteiger partial charge in [-0.2, -0.15) is 10.5 Å². The van der Waals surface area contributed by atoms with Gasteiger partial charge in [-0.3, -0.25) is 4.79 Å². The number of carbonyl (C=O) groups is 1. The number of nitriles is 2. The van der Waals surface area contributed by atoms with Crippen molar-refractivity contribution < 1.29 is 4.79 Å². The Kier molecular flexibility index (Phi) is 5.37. The molecular formula is C14H16N4O. The van der Waals surface area contributed by atoms with E-state index in [2.05, 4.69) is 0 Å². The molecule has 2 N–H and O–H groups in total. The fraction of sp³-hybridized carbons (Fsp3) is 0.357. The number of hydrogen-bond acceptors (Lipinski definition) is 4. The van der Waals surface area contributed by atoms with Crippen molar-refractivity contribution in [2.75, 3.05) is 18.8 Å². The highest BCUT2D eigenvalue weighted by Crippen LogP contribution is 2.15. The van der Waals surface area contributed by atoms with Crippen molar-refractivity contribution >= 4 is 11.6 Å². The van der Waals surface area contributed by atoms with Gasteiger partial charge < -0.3 is 10.6 Å². The van der Waals surface area contributed by atoms with Crippen LogP contribution in [0.15, 0.2) is 18.2 Å². The number of rotatable bonds is 5. The Bertz CT molecular complexity index is 521. The normalized spacial score (nSPS) is 9.42. The number of amides is 1. The first-order chi connectivity index (χ1) is 9.10. The van der Waals surface area contributed by atoms with E-state index in [4.69, 9.17) is 16.3 Å². The molecular weight excluding hydrogens is 240 g/mol. The number of hydrogen-bond donors (Lipinski definition) is 1. The lowest BCUT2D eigenvalue weighted by Gasteiger charge is -2.21. The number of nitrogens with two attached hydrogens (primary N) is 1. The van der Waals surface area contributed by atoms with E-state index in [-0.39, 0.29) is 18.7 Å². The summed E-state index contributed by atoms with van der Waals surface area (Å²) in [6, 6.07) is 9.16. The van der Waals surface area contributed by atoms with Gasteiger partial charge in [-0.15, -0.1) is 0 Å². The van der Waals surface area contributed by atoms with Crippen molar-refractivity contribution in [2.45, 2.75) is 19.8 Å². The van der Waals surface area contributed by atoms with Gasteiger partial charge in [0.1, 0.15) is 0 Å². The van der Waals surface area contributed by atoms with Crippen LogP contribution in [0.25, 0.3) is 0 Å². The standard InChI is InChI=1S/C14H16N4O/c1-11-4-5-12(17)10-13(11)14(19)18(8-2-6-15)9-3-7-16/h4-5,10H,2-3,8-9,17H2,1H3. The van der Waals surface area contributed by atoms with Gasteiger partial charge in [0.25, 0.3) is 5.91 Å².